The van der Waals surface area contributed by atoms with Crippen LogP contribution in [0, 0.1) is 0 Å². The highest BCUT2D eigenvalue weighted by Gasteiger charge is 2.14. The van der Waals surface area contributed by atoms with Gasteiger partial charge >= 0.3 is 0 Å². The average Bonchev–Trinajstić information content (AvgIpc) is 2.92. The molecule has 0 spiro atoms. The fourth-order valence-corrected chi connectivity index (χ4v) is 4.01. The van der Waals surface area contributed by atoms with Crippen LogP contribution < -0.4 is 10.6 Å². The minimum atomic E-state index is -0.0237. The zero-order valence-corrected chi connectivity index (χ0v) is 22.4. The van der Waals surface area contributed by atoms with Gasteiger partial charge in [0.1, 0.15) is 0 Å². The highest BCUT2D eigenvalue weighted by Crippen LogP contribution is 2.34. The Morgan fingerprint density at radius 2 is 1.06 bits per heavy atom. The molecule has 0 N–H and O–H groups in total. The largest absolute Gasteiger partial charge is 0.269 e. The minimum Gasteiger partial charge on any atom is -0.269 e. The van der Waals surface area contributed by atoms with Crippen LogP contribution in [0.25, 0.3) is 32.7 Å². The van der Waals surface area contributed by atoms with Crippen LogP contribution in [0.15, 0.2) is 72.8 Å². The van der Waals surface area contributed by atoms with E-state index in [9.17, 15) is 9.13 Å². The van der Waals surface area contributed by atoms with Gasteiger partial charge < -0.3 is 0 Å². The van der Waals surface area contributed by atoms with Crippen LogP contribution >= 0.6 is 16.9 Å². The van der Waals surface area contributed by atoms with Crippen molar-refractivity contribution in [2.75, 3.05) is 0 Å². The summed E-state index contributed by atoms with van der Waals surface area (Å²) in [7, 11) is -0.0439. The second-order valence-electron chi connectivity index (χ2n) is 5.58. The van der Waals surface area contributed by atoms with E-state index in [0.717, 1.165) is 38.0 Å². The molecule has 2 nitrogen and oxygen atoms in total. The zero-order chi connectivity index (χ0) is 24.5. The Labute approximate surface area is 197 Å². The van der Waals surface area contributed by atoms with Crippen molar-refractivity contribution in [3.63, 3.8) is 0 Å². The summed E-state index contributed by atoms with van der Waals surface area (Å²) in [5, 5.41) is 5.67. The van der Waals surface area contributed by atoms with Gasteiger partial charge in [0.2, 0.25) is 0 Å². The predicted octanol–water partition coefficient (Wildman–Crippen LogP) is 9.60. The van der Waals surface area contributed by atoms with Gasteiger partial charge in [0.15, 0.2) is 16.9 Å². The number of benzene rings is 4. The van der Waals surface area contributed by atoms with E-state index in [0.29, 0.717) is 5.30 Å². The van der Waals surface area contributed by atoms with E-state index in [1.807, 2.05) is 128 Å². The molecule has 0 saturated heterocycles. The molecule has 0 atom stereocenters. The molecule has 0 aliphatic heterocycles. The molecule has 0 aliphatic carbocycles. The van der Waals surface area contributed by atoms with Crippen molar-refractivity contribution in [3.05, 3.63) is 72.8 Å². The van der Waals surface area contributed by atoms with Crippen LogP contribution in [0.4, 0.5) is 0 Å². The number of rotatable bonds is 3. The summed E-state index contributed by atoms with van der Waals surface area (Å²) in [6.45, 7) is 16.0. The van der Waals surface area contributed by atoms with Gasteiger partial charge in [-0.05, 0) is 45.3 Å². The van der Waals surface area contributed by atoms with Crippen LogP contribution in [0.5, 0.6) is 0 Å². The van der Waals surface area contributed by atoms with Gasteiger partial charge in [-0.3, -0.25) is 9.13 Å². The Morgan fingerprint density at radius 1 is 0.531 bits per heavy atom. The molecule has 170 valence electrons. The summed E-state index contributed by atoms with van der Waals surface area (Å²) >= 11 is 0. The molecular formula is C28H36O2P2. The molecule has 0 fully saturated rings. The number of hydrogen-bond donors (Lipinski definition) is 0. The fraction of sp³-hybridized carbons (Fsp3) is 0.286. The predicted molar refractivity (Wildman–Crippen MR) is 147 cm³/mol. The Hall–Kier alpha value is -2.40. The van der Waals surface area contributed by atoms with E-state index in [1.54, 1.807) is 0 Å². The lowest BCUT2D eigenvalue weighted by atomic mass is 9.94. The van der Waals surface area contributed by atoms with Crippen LogP contribution in [0.3, 0.4) is 0 Å². The Bertz CT molecular complexity index is 1100. The maximum atomic E-state index is 11.8. The quantitative estimate of drug-likeness (QED) is 0.282. The monoisotopic (exact) mass is 466 g/mol. The first-order valence-corrected chi connectivity index (χ1v) is 13.2. The van der Waals surface area contributed by atoms with Crippen LogP contribution in [-0.2, 0) is 9.13 Å². The Morgan fingerprint density at radius 3 is 1.62 bits per heavy atom. The molecule has 0 unspecified atom stereocenters. The highest BCUT2D eigenvalue weighted by atomic mass is 31.1. The molecule has 0 amide bonds. The normalized spacial score (nSPS) is 9.38. The molecule has 32 heavy (non-hydrogen) atoms. The van der Waals surface area contributed by atoms with Crippen molar-refractivity contribution in [1.82, 2.24) is 0 Å². The third kappa shape index (κ3) is 7.06. The molecule has 4 rings (SSSR count). The molecule has 4 aromatic carbocycles. The van der Waals surface area contributed by atoms with E-state index in [2.05, 4.69) is 0 Å². The Balaban J connectivity index is 0.00000109. The van der Waals surface area contributed by atoms with E-state index in [4.69, 9.17) is 0 Å². The third-order valence-corrected chi connectivity index (χ3v) is 5.27. The lowest BCUT2D eigenvalue weighted by molar-refractivity contribution is 0.602. The summed E-state index contributed by atoms with van der Waals surface area (Å²) in [4.78, 5) is 0. The molecule has 0 heterocycles. The van der Waals surface area contributed by atoms with Crippen molar-refractivity contribution in [1.29, 1.82) is 0 Å². The van der Waals surface area contributed by atoms with Gasteiger partial charge in [0, 0.05) is 10.9 Å². The number of fused-ring (bicyclic) bond motifs is 2. The maximum absolute atomic E-state index is 11.8. The van der Waals surface area contributed by atoms with E-state index in [-0.39, 0.29) is 16.9 Å². The first kappa shape index (κ1) is 29.6. The molecule has 4 heteroatoms. The van der Waals surface area contributed by atoms with Gasteiger partial charge in [-0.1, -0.05) is 110 Å². The van der Waals surface area contributed by atoms with Crippen molar-refractivity contribution in [2.24, 2.45) is 0 Å². The molecule has 0 aliphatic rings. The van der Waals surface area contributed by atoms with Crippen molar-refractivity contribution in [2.45, 2.75) is 55.4 Å². The second kappa shape index (κ2) is 17.2. The van der Waals surface area contributed by atoms with Crippen molar-refractivity contribution < 1.29 is 9.13 Å². The third-order valence-electron chi connectivity index (χ3n) is 4.23. The Kier molecular flexibility index (Phi) is 15.9. The lowest BCUT2D eigenvalue weighted by Gasteiger charge is -2.13. The van der Waals surface area contributed by atoms with E-state index >= 15 is 0 Å². The summed E-state index contributed by atoms with van der Waals surface area (Å²) in [6, 6.07) is 23.8. The average molecular weight is 467 g/mol. The molecule has 4 aromatic rings. The van der Waals surface area contributed by atoms with Crippen molar-refractivity contribution in [3.8, 4) is 11.1 Å². The minimum absolute atomic E-state index is 0.0202. The molecule has 0 bridgehead atoms. The second-order valence-corrected chi connectivity index (χ2v) is 6.94. The SMILES string of the molecule is CC.CC.CC.CC.O=Pc1cc(-c2c(P=O)ccc3ccccc23)c2ccccc2c1. The first-order chi connectivity index (χ1) is 15.8. The first-order valence-electron chi connectivity index (χ1n) is 11.5. The summed E-state index contributed by atoms with van der Waals surface area (Å²) < 4.78 is 23.3. The molecule has 0 aromatic heterocycles. The van der Waals surface area contributed by atoms with Crippen molar-refractivity contribution >= 4 is 49.1 Å². The fourth-order valence-electron chi connectivity index (χ4n) is 3.17. The van der Waals surface area contributed by atoms with Crippen LogP contribution in [0.1, 0.15) is 55.4 Å². The van der Waals surface area contributed by atoms with Gasteiger partial charge in [-0.2, -0.15) is 0 Å². The van der Waals surface area contributed by atoms with Gasteiger partial charge in [0.05, 0.1) is 5.30 Å². The van der Waals surface area contributed by atoms with Crippen LogP contribution in [0.2, 0.25) is 0 Å². The number of hydrogen-bond acceptors (Lipinski definition) is 2. The molecule has 0 saturated carbocycles. The highest BCUT2D eigenvalue weighted by molar-refractivity contribution is 7.34. The molecule has 0 radical (unpaired) electrons. The summed E-state index contributed by atoms with van der Waals surface area (Å²) in [5.41, 5.74) is 1.90. The standard InChI is InChI=1S/C20H12O2P2.4C2H6/c21-23-15-11-14-6-2-3-7-16(14)18(12-15)20-17-8-4-1-5-13(17)9-10-19(20)24-22;4*1-2/h1-12H;4*1-2H3. The van der Waals surface area contributed by atoms with Gasteiger partial charge in [-0.25, -0.2) is 0 Å². The van der Waals surface area contributed by atoms with E-state index < -0.39 is 0 Å². The van der Waals surface area contributed by atoms with Crippen LogP contribution in [-0.4, -0.2) is 0 Å². The molecular weight excluding hydrogens is 430 g/mol. The smallest absolute Gasteiger partial charge is 0.192 e. The zero-order valence-electron chi connectivity index (χ0n) is 20.6. The van der Waals surface area contributed by atoms with E-state index in [1.165, 1.54) is 0 Å². The lowest BCUT2D eigenvalue weighted by Crippen LogP contribution is -2.02. The van der Waals surface area contributed by atoms with Gasteiger partial charge in [-0.15, -0.1) is 0 Å². The summed E-state index contributed by atoms with van der Waals surface area (Å²) in [5.74, 6) is 0. The topological polar surface area (TPSA) is 34.1 Å². The summed E-state index contributed by atoms with van der Waals surface area (Å²) in [6.07, 6.45) is 0. The maximum Gasteiger partial charge on any atom is 0.192 e. The van der Waals surface area contributed by atoms with Gasteiger partial charge in [0.25, 0.3) is 0 Å².